The van der Waals surface area contributed by atoms with Gasteiger partial charge in [0.05, 0.1) is 0 Å². The number of rotatable bonds is 4. The van der Waals surface area contributed by atoms with Gasteiger partial charge < -0.3 is 4.90 Å². The minimum atomic E-state index is 0.270. The van der Waals surface area contributed by atoms with Crippen molar-refractivity contribution in [1.29, 1.82) is 0 Å². The number of aromatic nitrogens is 3. The van der Waals surface area contributed by atoms with Gasteiger partial charge >= 0.3 is 0 Å². The molecular formula is C13H24N4. The fraction of sp³-hybridized carbons (Fsp3) is 0.846. The third-order valence-electron chi connectivity index (χ3n) is 3.13. The number of likely N-dealkylation sites (tertiary alicyclic amines) is 1. The van der Waals surface area contributed by atoms with Crippen molar-refractivity contribution < 1.29 is 0 Å². The Morgan fingerprint density at radius 2 is 1.94 bits per heavy atom. The van der Waals surface area contributed by atoms with Crippen LogP contribution in [0.5, 0.6) is 0 Å². The molecule has 17 heavy (non-hydrogen) atoms. The molecule has 0 spiro atoms. The van der Waals surface area contributed by atoms with Gasteiger partial charge in [-0.05, 0) is 31.3 Å². The van der Waals surface area contributed by atoms with Crippen molar-refractivity contribution in [3.05, 3.63) is 11.6 Å². The second-order valence-electron chi connectivity index (χ2n) is 6.23. The van der Waals surface area contributed by atoms with Crippen molar-refractivity contribution >= 4 is 0 Å². The highest BCUT2D eigenvalue weighted by Crippen LogP contribution is 2.18. The number of hydrogen-bond donors (Lipinski definition) is 1. The van der Waals surface area contributed by atoms with Crippen LogP contribution < -0.4 is 0 Å². The molecule has 2 rings (SSSR count). The van der Waals surface area contributed by atoms with Gasteiger partial charge in [-0.2, -0.15) is 5.10 Å². The zero-order valence-electron chi connectivity index (χ0n) is 11.3. The summed E-state index contributed by atoms with van der Waals surface area (Å²) in [7, 11) is 0. The SMILES string of the molecule is CC(C)(C)Cc1nc(CCN2CCCC2)n[nH]1. The first-order valence-corrected chi connectivity index (χ1v) is 6.65. The minimum absolute atomic E-state index is 0.270. The zero-order chi connectivity index (χ0) is 12.3. The summed E-state index contributed by atoms with van der Waals surface area (Å²) in [6.07, 6.45) is 4.64. The lowest BCUT2D eigenvalue weighted by Crippen LogP contribution is -2.22. The highest BCUT2D eigenvalue weighted by atomic mass is 15.2. The smallest absolute Gasteiger partial charge is 0.151 e. The molecule has 4 nitrogen and oxygen atoms in total. The molecule has 1 saturated heterocycles. The van der Waals surface area contributed by atoms with Crippen molar-refractivity contribution in [2.45, 2.75) is 46.5 Å². The van der Waals surface area contributed by atoms with Crippen LogP contribution in [0.1, 0.15) is 45.3 Å². The van der Waals surface area contributed by atoms with E-state index < -0.39 is 0 Å². The summed E-state index contributed by atoms with van der Waals surface area (Å²) in [6, 6.07) is 0. The lowest BCUT2D eigenvalue weighted by atomic mass is 9.92. The van der Waals surface area contributed by atoms with E-state index >= 15 is 0 Å². The Hall–Kier alpha value is -0.900. The van der Waals surface area contributed by atoms with E-state index in [1.807, 2.05) is 0 Å². The highest BCUT2D eigenvalue weighted by Gasteiger charge is 2.15. The number of aromatic amines is 1. The standard InChI is InChI=1S/C13H24N4/c1-13(2,3)10-12-14-11(15-16-12)6-9-17-7-4-5-8-17/h4-10H2,1-3H3,(H,14,15,16). The van der Waals surface area contributed by atoms with Crippen LogP contribution in [0.4, 0.5) is 0 Å². The van der Waals surface area contributed by atoms with E-state index in [-0.39, 0.29) is 5.41 Å². The third-order valence-corrected chi connectivity index (χ3v) is 3.13. The van der Waals surface area contributed by atoms with Crippen LogP contribution in [-0.2, 0) is 12.8 Å². The molecule has 2 heterocycles. The molecule has 0 unspecified atom stereocenters. The van der Waals surface area contributed by atoms with Crippen molar-refractivity contribution in [1.82, 2.24) is 20.1 Å². The lowest BCUT2D eigenvalue weighted by molar-refractivity contribution is 0.341. The molecule has 1 aliphatic heterocycles. The topological polar surface area (TPSA) is 44.8 Å². The maximum absolute atomic E-state index is 4.56. The zero-order valence-corrected chi connectivity index (χ0v) is 11.3. The Morgan fingerprint density at radius 1 is 1.24 bits per heavy atom. The van der Waals surface area contributed by atoms with E-state index in [1.54, 1.807) is 0 Å². The maximum atomic E-state index is 4.56. The van der Waals surface area contributed by atoms with Crippen molar-refractivity contribution in [2.24, 2.45) is 5.41 Å². The van der Waals surface area contributed by atoms with E-state index in [2.05, 4.69) is 40.9 Å². The Bertz CT molecular complexity index is 345. The summed E-state index contributed by atoms with van der Waals surface area (Å²) in [5.74, 6) is 1.99. The van der Waals surface area contributed by atoms with Gasteiger partial charge in [-0.25, -0.2) is 4.98 Å². The largest absolute Gasteiger partial charge is 0.303 e. The fourth-order valence-electron chi connectivity index (χ4n) is 2.29. The summed E-state index contributed by atoms with van der Waals surface area (Å²) in [5.41, 5.74) is 0.270. The summed E-state index contributed by atoms with van der Waals surface area (Å²) in [4.78, 5) is 7.06. The molecule has 0 saturated carbocycles. The first-order valence-electron chi connectivity index (χ1n) is 6.65. The van der Waals surface area contributed by atoms with Gasteiger partial charge in [0, 0.05) is 19.4 Å². The predicted octanol–water partition coefficient (Wildman–Crippen LogP) is 2.03. The fourth-order valence-corrected chi connectivity index (χ4v) is 2.29. The van der Waals surface area contributed by atoms with Crippen molar-refractivity contribution in [2.75, 3.05) is 19.6 Å². The predicted molar refractivity (Wildman–Crippen MR) is 68.9 cm³/mol. The van der Waals surface area contributed by atoms with Gasteiger partial charge in [0.25, 0.3) is 0 Å². The average molecular weight is 236 g/mol. The van der Waals surface area contributed by atoms with Gasteiger partial charge in [0.2, 0.25) is 0 Å². The highest BCUT2D eigenvalue weighted by molar-refractivity contribution is 4.94. The molecule has 4 heteroatoms. The monoisotopic (exact) mass is 236 g/mol. The summed E-state index contributed by atoms with van der Waals surface area (Å²) >= 11 is 0. The molecule has 1 N–H and O–H groups in total. The summed E-state index contributed by atoms with van der Waals surface area (Å²) < 4.78 is 0. The molecule has 1 aromatic heterocycles. The molecule has 0 atom stereocenters. The van der Waals surface area contributed by atoms with Crippen LogP contribution in [0.15, 0.2) is 0 Å². The maximum Gasteiger partial charge on any atom is 0.151 e. The van der Waals surface area contributed by atoms with Crippen LogP contribution in [0, 0.1) is 5.41 Å². The van der Waals surface area contributed by atoms with Crippen LogP contribution in [-0.4, -0.2) is 39.7 Å². The van der Waals surface area contributed by atoms with E-state index in [0.29, 0.717) is 0 Å². The molecule has 0 aliphatic carbocycles. The molecule has 0 bridgehead atoms. The molecule has 1 fully saturated rings. The number of hydrogen-bond acceptors (Lipinski definition) is 3. The van der Waals surface area contributed by atoms with Crippen LogP contribution in [0.25, 0.3) is 0 Å². The summed E-state index contributed by atoms with van der Waals surface area (Å²) in [5, 5.41) is 7.36. The first kappa shape index (κ1) is 12.6. The molecular weight excluding hydrogens is 212 g/mol. The molecule has 0 amide bonds. The van der Waals surface area contributed by atoms with Crippen molar-refractivity contribution in [3.63, 3.8) is 0 Å². The quantitative estimate of drug-likeness (QED) is 0.870. The molecule has 1 aliphatic rings. The van der Waals surface area contributed by atoms with E-state index in [0.717, 1.165) is 31.0 Å². The normalized spacial score (nSPS) is 17.8. The van der Waals surface area contributed by atoms with Gasteiger partial charge in [-0.3, -0.25) is 5.10 Å². The van der Waals surface area contributed by atoms with Crippen LogP contribution >= 0.6 is 0 Å². The van der Waals surface area contributed by atoms with E-state index in [9.17, 15) is 0 Å². The Morgan fingerprint density at radius 3 is 2.59 bits per heavy atom. The molecule has 0 aromatic carbocycles. The van der Waals surface area contributed by atoms with Gasteiger partial charge in [0.1, 0.15) is 5.82 Å². The Labute approximate surface area is 104 Å². The first-order chi connectivity index (χ1) is 8.03. The molecule has 0 radical (unpaired) electrons. The van der Waals surface area contributed by atoms with Crippen molar-refractivity contribution in [3.8, 4) is 0 Å². The number of H-pyrrole nitrogens is 1. The summed E-state index contributed by atoms with van der Waals surface area (Å²) in [6.45, 7) is 10.3. The minimum Gasteiger partial charge on any atom is -0.303 e. The van der Waals surface area contributed by atoms with E-state index in [1.165, 1.54) is 25.9 Å². The van der Waals surface area contributed by atoms with E-state index in [4.69, 9.17) is 0 Å². The second kappa shape index (κ2) is 5.17. The average Bonchev–Trinajstić information content (AvgIpc) is 2.82. The number of nitrogens with zero attached hydrogens (tertiary/aromatic N) is 3. The van der Waals surface area contributed by atoms with Crippen LogP contribution in [0.2, 0.25) is 0 Å². The third kappa shape index (κ3) is 4.11. The van der Waals surface area contributed by atoms with Gasteiger partial charge in [0.15, 0.2) is 5.82 Å². The number of nitrogens with one attached hydrogen (secondary N) is 1. The van der Waals surface area contributed by atoms with Gasteiger partial charge in [-0.15, -0.1) is 0 Å². The Balaban J connectivity index is 1.81. The van der Waals surface area contributed by atoms with Crippen LogP contribution in [0.3, 0.4) is 0 Å². The second-order valence-corrected chi connectivity index (χ2v) is 6.23. The molecule has 96 valence electrons. The Kier molecular flexibility index (Phi) is 3.82. The molecule has 1 aromatic rings. The lowest BCUT2D eigenvalue weighted by Gasteiger charge is -2.15. The van der Waals surface area contributed by atoms with Gasteiger partial charge in [-0.1, -0.05) is 20.8 Å².